The Hall–Kier alpha value is -0.780. The van der Waals surface area contributed by atoms with E-state index in [2.05, 4.69) is 39.0 Å². The fourth-order valence-electron chi connectivity index (χ4n) is 2.78. The van der Waals surface area contributed by atoms with Crippen LogP contribution < -0.4 is 0 Å². The van der Waals surface area contributed by atoms with Gasteiger partial charge in [0.2, 0.25) is 0 Å². The zero-order valence-electron chi connectivity index (χ0n) is 14.0. The quantitative estimate of drug-likeness (QED) is 0.391. The molecule has 0 heteroatoms. The van der Waals surface area contributed by atoms with E-state index in [1.54, 1.807) is 0 Å². The van der Waals surface area contributed by atoms with E-state index in [-0.39, 0.29) is 0 Å². The molecule has 114 valence electrons. The Morgan fingerprint density at radius 2 is 1.20 bits per heavy atom. The standard InChI is InChI=1S/C20H34/c1-4-5-6-7-8-9-10-11-12-13-14-20-16-15-18(2)19(3)17-20/h15-17H,4-14H2,1-3H3. The summed E-state index contributed by atoms with van der Waals surface area (Å²) < 4.78 is 0. The first-order valence-corrected chi connectivity index (χ1v) is 8.80. The van der Waals surface area contributed by atoms with E-state index in [9.17, 15) is 0 Å². The number of hydrogen-bond donors (Lipinski definition) is 0. The summed E-state index contributed by atoms with van der Waals surface area (Å²) in [5.74, 6) is 0. The van der Waals surface area contributed by atoms with Crippen LogP contribution in [0.3, 0.4) is 0 Å². The molecule has 0 spiro atoms. The van der Waals surface area contributed by atoms with Crippen LogP contribution in [0, 0.1) is 13.8 Å². The third-order valence-corrected chi connectivity index (χ3v) is 4.39. The van der Waals surface area contributed by atoms with E-state index in [1.807, 2.05) is 0 Å². The van der Waals surface area contributed by atoms with Crippen molar-refractivity contribution < 1.29 is 0 Å². The number of hydrogen-bond acceptors (Lipinski definition) is 0. The zero-order valence-corrected chi connectivity index (χ0v) is 14.0. The summed E-state index contributed by atoms with van der Waals surface area (Å²) in [5.41, 5.74) is 4.37. The van der Waals surface area contributed by atoms with Gasteiger partial charge >= 0.3 is 0 Å². The van der Waals surface area contributed by atoms with Crippen LogP contribution in [-0.2, 0) is 6.42 Å². The Balaban J connectivity index is 1.95. The van der Waals surface area contributed by atoms with E-state index < -0.39 is 0 Å². The number of rotatable bonds is 11. The zero-order chi connectivity index (χ0) is 14.6. The molecule has 1 aromatic carbocycles. The van der Waals surface area contributed by atoms with Crippen molar-refractivity contribution in [2.24, 2.45) is 0 Å². The molecule has 0 aliphatic rings. The fourth-order valence-corrected chi connectivity index (χ4v) is 2.78. The van der Waals surface area contributed by atoms with Crippen molar-refractivity contribution >= 4 is 0 Å². The molecule has 0 aliphatic heterocycles. The second-order valence-corrected chi connectivity index (χ2v) is 6.35. The topological polar surface area (TPSA) is 0 Å². The van der Waals surface area contributed by atoms with Gasteiger partial charge in [-0.1, -0.05) is 82.9 Å². The Labute approximate surface area is 127 Å². The maximum absolute atomic E-state index is 2.36. The molecule has 20 heavy (non-hydrogen) atoms. The monoisotopic (exact) mass is 274 g/mol. The molecule has 0 fully saturated rings. The summed E-state index contributed by atoms with van der Waals surface area (Å²) in [7, 11) is 0. The summed E-state index contributed by atoms with van der Waals surface area (Å²) in [6, 6.07) is 6.93. The van der Waals surface area contributed by atoms with Gasteiger partial charge in [0.05, 0.1) is 0 Å². The van der Waals surface area contributed by atoms with Gasteiger partial charge in [-0.2, -0.15) is 0 Å². The highest BCUT2D eigenvalue weighted by Crippen LogP contribution is 2.14. The normalized spacial score (nSPS) is 10.9. The average molecular weight is 274 g/mol. The second kappa shape index (κ2) is 10.9. The molecule has 0 heterocycles. The highest BCUT2D eigenvalue weighted by Gasteiger charge is 1.97. The van der Waals surface area contributed by atoms with E-state index in [0.717, 1.165) is 0 Å². The van der Waals surface area contributed by atoms with Gasteiger partial charge in [0, 0.05) is 0 Å². The van der Waals surface area contributed by atoms with Gasteiger partial charge in [-0.15, -0.1) is 0 Å². The Bertz CT molecular complexity index is 351. The molecule has 0 aliphatic carbocycles. The van der Waals surface area contributed by atoms with Crippen molar-refractivity contribution in [3.8, 4) is 0 Å². The summed E-state index contributed by atoms with van der Waals surface area (Å²) in [6.45, 7) is 6.70. The van der Waals surface area contributed by atoms with Crippen LogP contribution >= 0.6 is 0 Å². The van der Waals surface area contributed by atoms with Crippen molar-refractivity contribution in [3.63, 3.8) is 0 Å². The molecule has 0 radical (unpaired) electrons. The molecule has 0 aromatic heterocycles. The lowest BCUT2D eigenvalue weighted by Crippen LogP contribution is -1.89. The molecule has 0 unspecified atom stereocenters. The van der Waals surface area contributed by atoms with Gasteiger partial charge in [0.25, 0.3) is 0 Å². The predicted molar refractivity (Wildman–Crippen MR) is 91.5 cm³/mol. The Morgan fingerprint density at radius 1 is 0.650 bits per heavy atom. The van der Waals surface area contributed by atoms with Crippen molar-refractivity contribution in [2.45, 2.75) is 91.4 Å². The smallest absolute Gasteiger partial charge is 0.0279 e. The summed E-state index contributed by atoms with van der Waals surface area (Å²) >= 11 is 0. The molecule has 1 aromatic rings. The van der Waals surface area contributed by atoms with Gasteiger partial charge < -0.3 is 0 Å². The Kier molecular flexibility index (Phi) is 9.45. The fraction of sp³-hybridized carbons (Fsp3) is 0.700. The lowest BCUT2D eigenvalue weighted by molar-refractivity contribution is 0.556. The van der Waals surface area contributed by atoms with Crippen LogP contribution in [0.25, 0.3) is 0 Å². The number of unbranched alkanes of at least 4 members (excludes halogenated alkanes) is 9. The van der Waals surface area contributed by atoms with Gasteiger partial charge in [-0.05, 0) is 43.4 Å². The maximum atomic E-state index is 2.36. The average Bonchev–Trinajstić information content (AvgIpc) is 2.45. The molecule has 0 atom stereocenters. The van der Waals surface area contributed by atoms with Gasteiger partial charge in [-0.25, -0.2) is 0 Å². The van der Waals surface area contributed by atoms with Crippen molar-refractivity contribution in [1.29, 1.82) is 0 Å². The van der Waals surface area contributed by atoms with Crippen LogP contribution in [0.2, 0.25) is 0 Å². The summed E-state index contributed by atoms with van der Waals surface area (Å²) in [6.07, 6.45) is 15.5. The van der Waals surface area contributed by atoms with Crippen LogP contribution in [0.5, 0.6) is 0 Å². The number of aryl methyl sites for hydroxylation is 3. The van der Waals surface area contributed by atoms with E-state index in [4.69, 9.17) is 0 Å². The van der Waals surface area contributed by atoms with Crippen molar-refractivity contribution in [1.82, 2.24) is 0 Å². The third kappa shape index (κ3) is 7.72. The van der Waals surface area contributed by atoms with E-state index in [1.165, 1.54) is 87.3 Å². The molecular formula is C20H34. The molecule has 0 amide bonds. The van der Waals surface area contributed by atoms with Crippen molar-refractivity contribution in [3.05, 3.63) is 34.9 Å². The largest absolute Gasteiger partial charge is 0.0654 e. The third-order valence-electron chi connectivity index (χ3n) is 4.39. The van der Waals surface area contributed by atoms with Crippen LogP contribution in [-0.4, -0.2) is 0 Å². The lowest BCUT2D eigenvalue weighted by Gasteiger charge is -2.05. The first-order chi connectivity index (χ1) is 9.74. The molecule has 0 saturated heterocycles. The molecule has 0 N–H and O–H groups in total. The number of benzene rings is 1. The maximum Gasteiger partial charge on any atom is -0.0279 e. The lowest BCUT2D eigenvalue weighted by atomic mass is 10.0. The predicted octanol–water partition coefficient (Wildman–Crippen LogP) is 6.77. The SMILES string of the molecule is CCCCCCCCCCCCc1ccc(C)c(C)c1. The van der Waals surface area contributed by atoms with E-state index >= 15 is 0 Å². The van der Waals surface area contributed by atoms with Gasteiger partial charge in [0.1, 0.15) is 0 Å². The summed E-state index contributed by atoms with van der Waals surface area (Å²) in [4.78, 5) is 0. The van der Waals surface area contributed by atoms with E-state index in [0.29, 0.717) is 0 Å². The minimum Gasteiger partial charge on any atom is -0.0654 e. The van der Waals surface area contributed by atoms with Gasteiger partial charge in [-0.3, -0.25) is 0 Å². The molecule has 0 saturated carbocycles. The van der Waals surface area contributed by atoms with Crippen molar-refractivity contribution in [2.75, 3.05) is 0 Å². The molecule has 0 nitrogen and oxygen atoms in total. The first kappa shape index (κ1) is 17.3. The highest BCUT2D eigenvalue weighted by atomic mass is 14.0. The van der Waals surface area contributed by atoms with Crippen LogP contribution in [0.15, 0.2) is 18.2 Å². The van der Waals surface area contributed by atoms with Crippen LogP contribution in [0.1, 0.15) is 87.8 Å². The summed E-state index contributed by atoms with van der Waals surface area (Å²) in [5, 5.41) is 0. The van der Waals surface area contributed by atoms with Gasteiger partial charge in [0.15, 0.2) is 0 Å². The molecular weight excluding hydrogens is 240 g/mol. The highest BCUT2D eigenvalue weighted by molar-refractivity contribution is 5.29. The minimum absolute atomic E-state index is 1.26. The van der Waals surface area contributed by atoms with Crippen LogP contribution in [0.4, 0.5) is 0 Å². The molecule has 0 bridgehead atoms. The second-order valence-electron chi connectivity index (χ2n) is 6.35. The Morgan fingerprint density at radius 3 is 1.75 bits per heavy atom. The molecule has 1 rings (SSSR count). The first-order valence-electron chi connectivity index (χ1n) is 8.80. The minimum atomic E-state index is 1.26.